The molecule has 0 spiro atoms. The molecule has 20 heavy (non-hydrogen) atoms. The van der Waals surface area contributed by atoms with Gasteiger partial charge in [0.25, 0.3) is 0 Å². The molecule has 0 atom stereocenters. The first-order valence-electron chi connectivity index (χ1n) is 6.62. The molecule has 0 saturated carbocycles. The summed E-state index contributed by atoms with van der Waals surface area (Å²) >= 11 is 1.70. The van der Waals surface area contributed by atoms with Gasteiger partial charge in [0, 0.05) is 23.7 Å². The minimum absolute atomic E-state index is 0.307. The van der Waals surface area contributed by atoms with Gasteiger partial charge in [0.05, 0.1) is 0 Å². The summed E-state index contributed by atoms with van der Waals surface area (Å²) in [6, 6.07) is 5.98. The van der Waals surface area contributed by atoms with E-state index >= 15 is 0 Å². The Bertz CT molecular complexity index is 651. The van der Waals surface area contributed by atoms with Gasteiger partial charge in [-0.3, -0.25) is 4.99 Å². The van der Waals surface area contributed by atoms with Crippen molar-refractivity contribution in [2.24, 2.45) is 4.99 Å². The van der Waals surface area contributed by atoms with Gasteiger partial charge in [-0.2, -0.15) is 0 Å². The third-order valence-corrected chi connectivity index (χ3v) is 4.63. The molecule has 0 aliphatic carbocycles. The van der Waals surface area contributed by atoms with Gasteiger partial charge in [-0.15, -0.1) is 0 Å². The smallest absolute Gasteiger partial charge is 0.231 e. The van der Waals surface area contributed by atoms with Crippen molar-refractivity contribution < 1.29 is 9.47 Å². The molecule has 3 aliphatic rings. The van der Waals surface area contributed by atoms with Crippen LogP contribution in [0.4, 0.5) is 0 Å². The molecule has 5 heteroatoms. The maximum Gasteiger partial charge on any atom is 0.231 e. The Morgan fingerprint density at radius 1 is 1.30 bits per heavy atom. The van der Waals surface area contributed by atoms with E-state index in [1.807, 2.05) is 18.2 Å². The Morgan fingerprint density at radius 3 is 3.10 bits per heavy atom. The van der Waals surface area contributed by atoms with Crippen molar-refractivity contribution in [3.8, 4) is 11.5 Å². The molecular weight excluding hydrogens is 272 g/mol. The van der Waals surface area contributed by atoms with Gasteiger partial charge in [-0.25, -0.2) is 0 Å². The number of thioether (sulfide) groups is 1. The predicted molar refractivity (Wildman–Crippen MR) is 80.9 cm³/mol. The number of fused-ring (bicyclic) bond motifs is 2. The number of hydrogen-bond donors (Lipinski definition) is 0. The van der Waals surface area contributed by atoms with Crippen LogP contribution in [0, 0.1) is 0 Å². The van der Waals surface area contributed by atoms with Gasteiger partial charge in [-0.1, -0.05) is 12.6 Å². The van der Waals surface area contributed by atoms with Crippen LogP contribution in [-0.2, 0) is 0 Å². The van der Waals surface area contributed by atoms with Crippen molar-refractivity contribution in [2.75, 3.05) is 19.9 Å². The second-order valence-corrected chi connectivity index (χ2v) is 5.85. The standard InChI is InChI=1S/C15H14N2O2S/c1-10-14(20-15-16-5-2-6-17(10)15)8-11-3-4-12-13(7-11)19-9-18-12/h3-4,7-8H,1-2,5-6,9H2/b14-8-. The lowest BCUT2D eigenvalue weighted by molar-refractivity contribution is 0.174. The lowest BCUT2D eigenvalue weighted by Crippen LogP contribution is -2.27. The molecule has 4 nitrogen and oxygen atoms in total. The maximum atomic E-state index is 5.41. The van der Waals surface area contributed by atoms with Crippen LogP contribution in [-0.4, -0.2) is 30.0 Å². The third kappa shape index (κ3) is 1.89. The lowest BCUT2D eigenvalue weighted by Gasteiger charge is -2.21. The lowest BCUT2D eigenvalue weighted by atomic mass is 10.1. The first-order chi connectivity index (χ1) is 9.81. The molecule has 1 aromatic rings. The molecule has 0 N–H and O–H groups in total. The summed E-state index contributed by atoms with van der Waals surface area (Å²) in [5, 5.41) is 1.08. The van der Waals surface area contributed by atoms with E-state index in [0.29, 0.717) is 6.79 Å². The van der Waals surface area contributed by atoms with E-state index in [4.69, 9.17) is 9.47 Å². The number of rotatable bonds is 1. The van der Waals surface area contributed by atoms with E-state index in [1.54, 1.807) is 11.8 Å². The number of hydrogen-bond acceptors (Lipinski definition) is 5. The van der Waals surface area contributed by atoms with Crippen LogP contribution in [0.2, 0.25) is 0 Å². The number of ether oxygens (including phenoxy) is 2. The van der Waals surface area contributed by atoms with Crippen LogP contribution >= 0.6 is 11.8 Å². The zero-order valence-electron chi connectivity index (χ0n) is 11.0. The maximum absolute atomic E-state index is 5.41. The average Bonchev–Trinajstić information content (AvgIpc) is 3.05. The second-order valence-electron chi connectivity index (χ2n) is 4.84. The fraction of sp³-hybridized carbons (Fsp3) is 0.267. The molecule has 0 amide bonds. The number of amidine groups is 1. The van der Waals surface area contributed by atoms with Crippen molar-refractivity contribution in [3.05, 3.63) is 40.9 Å². The number of benzene rings is 1. The van der Waals surface area contributed by atoms with E-state index in [2.05, 4.69) is 22.5 Å². The monoisotopic (exact) mass is 286 g/mol. The molecule has 0 radical (unpaired) electrons. The van der Waals surface area contributed by atoms with Gasteiger partial charge in [-0.05, 0) is 42.0 Å². The first-order valence-corrected chi connectivity index (χ1v) is 7.43. The molecule has 1 aromatic carbocycles. The molecule has 3 heterocycles. The van der Waals surface area contributed by atoms with Gasteiger partial charge in [0.2, 0.25) is 6.79 Å². The zero-order valence-corrected chi connectivity index (χ0v) is 11.8. The molecule has 0 bridgehead atoms. The quantitative estimate of drug-likeness (QED) is 0.794. The zero-order chi connectivity index (χ0) is 13.5. The molecule has 3 aliphatic heterocycles. The van der Waals surface area contributed by atoms with Crippen molar-refractivity contribution in [1.29, 1.82) is 0 Å². The second kappa shape index (κ2) is 4.59. The molecule has 4 rings (SSSR count). The summed E-state index contributed by atoms with van der Waals surface area (Å²) in [4.78, 5) is 7.91. The highest BCUT2D eigenvalue weighted by atomic mass is 32.2. The van der Waals surface area contributed by atoms with Gasteiger partial charge in [0.15, 0.2) is 16.7 Å². The minimum Gasteiger partial charge on any atom is -0.454 e. The Kier molecular flexibility index (Phi) is 2.73. The summed E-state index contributed by atoms with van der Waals surface area (Å²) in [6.07, 6.45) is 3.23. The summed E-state index contributed by atoms with van der Waals surface area (Å²) in [5.41, 5.74) is 2.14. The van der Waals surface area contributed by atoms with Gasteiger partial charge >= 0.3 is 0 Å². The van der Waals surface area contributed by atoms with E-state index in [-0.39, 0.29) is 0 Å². The van der Waals surface area contributed by atoms with E-state index < -0.39 is 0 Å². The van der Waals surface area contributed by atoms with Crippen LogP contribution in [0.5, 0.6) is 11.5 Å². The number of nitrogens with zero attached hydrogens (tertiary/aromatic N) is 2. The van der Waals surface area contributed by atoms with E-state index in [0.717, 1.165) is 52.3 Å². The molecule has 102 valence electrons. The van der Waals surface area contributed by atoms with Crippen LogP contribution in [0.3, 0.4) is 0 Å². The molecular formula is C15H14N2O2S. The van der Waals surface area contributed by atoms with Crippen LogP contribution in [0.25, 0.3) is 6.08 Å². The summed E-state index contributed by atoms with van der Waals surface area (Å²) < 4.78 is 10.7. The minimum atomic E-state index is 0.307. The molecule has 1 fully saturated rings. The molecule has 0 aromatic heterocycles. The Balaban J connectivity index is 1.66. The Hall–Kier alpha value is -1.88. The molecule has 1 saturated heterocycles. The van der Waals surface area contributed by atoms with Gasteiger partial charge < -0.3 is 14.4 Å². The van der Waals surface area contributed by atoms with Crippen LogP contribution in [0.15, 0.2) is 40.4 Å². The highest BCUT2D eigenvalue weighted by molar-refractivity contribution is 8.17. The van der Waals surface area contributed by atoms with E-state index in [9.17, 15) is 0 Å². The Morgan fingerprint density at radius 2 is 2.20 bits per heavy atom. The first kappa shape index (κ1) is 11.9. The largest absolute Gasteiger partial charge is 0.454 e. The fourth-order valence-electron chi connectivity index (χ4n) is 2.48. The van der Waals surface area contributed by atoms with Crippen molar-refractivity contribution in [3.63, 3.8) is 0 Å². The van der Waals surface area contributed by atoms with Crippen molar-refractivity contribution >= 4 is 23.0 Å². The average molecular weight is 286 g/mol. The highest BCUT2D eigenvalue weighted by Crippen LogP contribution is 2.41. The topological polar surface area (TPSA) is 34.1 Å². The van der Waals surface area contributed by atoms with Crippen molar-refractivity contribution in [2.45, 2.75) is 6.42 Å². The normalized spacial score (nSPS) is 22.2. The van der Waals surface area contributed by atoms with E-state index in [1.165, 1.54) is 0 Å². The molecule has 0 unspecified atom stereocenters. The fourth-order valence-corrected chi connectivity index (χ4v) is 3.57. The van der Waals surface area contributed by atoms with Crippen LogP contribution < -0.4 is 9.47 Å². The SMILES string of the molecule is C=C1/C(=C/c2ccc3c(c2)OCO3)SC2=NCCCN12. The van der Waals surface area contributed by atoms with Crippen molar-refractivity contribution in [1.82, 2.24) is 4.90 Å². The van der Waals surface area contributed by atoms with Crippen LogP contribution in [0.1, 0.15) is 12.0 Å². The summed E-state index contributed by atoms with van der Waals surface area (Å²) in [5.74, 6) is 1.62. The Labute approximate surface area is 121 Å². The van der Waals surface area contributed by atoms with Gasteiger partial charge in [0.1, 0.15) is 0 Å². The highest BCUT2D eigenvalue weighted by Gasteiger charge is 2.29. The third-order valence-electron chi connectivity index (χ3n) is 3.52. The summed E-state index contributed by atoms with van der Waals surface area (Å²) in [7, 11) is 0. The summed E-state index contributed by atoms with van der Waals surface area (Å²) in [6.45, 7) is 6.43. The predicted octanol–water partition coefficient (Wildman–Crippen LogP) is 3.08. The number of aliphatic imine (C=N–C) groups is 1.